The fraction of sp³-hybridized carbons (Fsp3) is 1.00. The fourth-order valence-electron chi connectivity index (χ4n) is 0.959. The third-order valence-electron chi connectivity index (χ3n) is 2.93. The average molecular weight is 196 g/mol. The molecule has 0 N–H and O–H groups in total. The zero-order valence-corrected chi connectivity index (χ0v) is 10.7. The van der Waals surface area contributed by atoms with E-state index < -0.39 is 0 Å². The summed E-state index contributed by atoms with van der Waals surface area (Å²) < 4.78 is 5.56. The molecule has 0 atom stereocenters. The van der Waals surface area contributed by atoms with Gasteiger partial charge in [-0.1, -0.05) is 41.5 Å². The molecular weight excluding hydrogens is 171 g/mol. The Morgan fingerprint density at radius 2 is 1.64 bits per heavy atom. The quantitative estimate of drug-likeness (QED) is 0.467. The summed E-state index contributed by atoms with van der Waals surface area (Å²) in [5, 5.41) is -0.206. The van der Waals surface area contributed by atoms with E-state index in [0.717, 1.165) is 13.0 Å². The highest BCUT2D eigenvalue weighted by molar-refractivity contribution is 6.14. The first-order valence-electron chi connectivity index (χ1n) is 5.52. The van der Waals surface area contributed by atoms with Gasteiger partial charge in [0.15, 0.2) is 0 Å². The topological polar surface area (TPSA) is 9.23 Å². The summed E-state index contributed by atoms with van der Waals surface area (Å²) in [5.41, 5.74) is 0.360. The lowest BCUT2D eigenvalue weighted by atomic mass is 9.73. The molecule has 0 fully saturated rings. The second-order valence-corrected chi connectivity index (χ2v) is 5.93. The van der Waals surface area contributed by atoms with Crippen LogP contribution in [-0.4, -0.2) is 21.1 Å². The zero-order valence-electron chi connectivity index (χ0n) is 10.7. The second-order valence-electron chi connectivity index (χ2n) is 5.93. The Balaban J connectivity index is 3.65. The molecule has 0 amide bonds. The minimum atomic E-state index is -0.206. The highest BCUT2D eigenvalue weighted by atomic mass is 16.5. The smallest absolute Gasteiger partial charge is 0.0770 e. The molecule has 0 aliphatic heterocycles. The molecule has 0 spiro atoms. The van der Waals surface area contributed by atoms with Crippen LogP contribution in [0.1, 0.15) is 48.0 Å². The van der Waals surface area contributed by atoms with Gasteiger partial charge in [0, 0.05) is 13.2 Å². The van der Waals surface area contributed by atoms with Gasteiger partial charge in [-0.3, -0.25) is 0 Å². The molecule has 0 heterocycles. The van der Waals surface area contributed by atoms with E-state index in [0.29, 0.717) is 17.9 Å². The molecule has 0 aromatic carbocycles. The maximum Gasteiger partial charge on any atom is 0.0770 e. The molecule has 0 aromatic heterocycles. The van der Waals surface area contributed by atoms with E-state index in [2.05, 4.69) is 27.7 Å². The molecule has 0 saturated heterocycles. The van der Waals surface area contributed by atoms with Crippen molar-refractivity contribution in [3.8, 4) is 0 Å². The van der Waals surface area contributed by atoms with Crippen molar-refractivity contribution < 1.29 is 4.74 Å². The van der Waals surface area contributed by atoms with Crippen LogP contribution in [0.2, 0.25) is 5.31 Å². The van der Waals surface area contributed by atoms with Crippen molar-refractivity contribution in [3.05, 3.63) is 0 Å². The number of hydrogen-bond donors (Lipinski definition) is 0. The highest BCUT2D eigenvalue weighted by Gasteiger charge is 2.22. The molecule has 2 radical (unpaired) electrons. The van der Waals surface area contributed by atoms with Crippen LogP contribution in [-0.2, 0) is 4.74 Å². The van der Waals surface area contributed by atoms with Crippen molar-refractivity contribution in [1.29, 1.82) is 0 Å². The van der Waals surface area contributed by atoms with Gasteiger partial charge in [0.25, 0.3) is 0 Å². The van der Waals surface area contributed by atoms with Crippen LogP contribution in [0.3, 0.4) is 0 Å². The number of ether oxygens (including phenoxy) is 1. The van der Waals surface area contributed by atoms with E-state index in [1.165, 1.54) is 0 Å². The maximum absolute atomic E-state index is 5.82. The Bertz CT molecular complexity index is 156. The molecule has 1 nitrogen and oxygen atoms in total. The Kier molecular flexibility index (Phi) is 5.21. The van der Waals surface area contributed by atoms with Crippen LogP contribution in [0.25, 0.3) is 0 Å². The lowest BCUT2D eigenvalue weighted by molar-refractivity contribution is 0.0758. The molecule has 82 valence electrons. The molecule has 0 unspecified atom stereocenters. The molecule has 2 heteroatoms. The number of rotatable bonds is 6. The van der Waals surface area contributed by atoms with Crippen LogP contribution in [0.15, 0.2) is 0 Å². The molecule has 0 saturated carbocycles. The number of hydrogen-bond acceptors (Lipinski definition) is 1. The van der Waals surface area contributed by atoms with Crippen LogP contribution >= 0.6 is 0 Å². The molecule has 0 aromatic rings. The van der Waals surface area contributed by atoms with Crippen molar-refractivity contribution in [1.82, 2.24) is 0 Å². The first kappa shape index (κ1) is 14.0. The van der Waals surface area contributed by atoms with E-state index in [4.69, 9.17) is 12.6 Å². The van der Waals surface area contributed by atoms with Crippen molar-refractivity contribution in [2.45, 2.75) is 53.3 Å². The van der Waals surface area contributed by atoms with Gasteiger partial charge in [0.1, 0.15) is 0 Å². The predicted molar refractivity (Wildman–Crippen MR) is 63.9 cm³/mol. The average Bonchev–Trinajstić information content (AvgIpc) is 1.96. The Labute approximate surface area is 91.0 Å². The lowest BCUT2D eigenvalue weighted by Gasteiger charge is -2.29. The first-order chi connectivity index (χ1) is 6.15. The highest BCUT2D eigenvalue weighted by Crippen LogP contribution is 2.30. The van der Waals surface area contributed by atoms with Gasteiger partial charge in [-0.15, -0.1) is 0 Å². The monoisotopic (exact) mass is 196 g/mol. The SMILES string of the molecule is [B]C(C)(C)COCCC(C)(C)C(C)C. The van der Waals surface area contributed by atoms with Crippen LogP contribution in [0.4, 0.5) is 0 Å². The van der Waals surface area contributed by atoms with Crippen LogP contribution < -0.4 is 0 Å². The summed E-state index contributed by atoms with van der Waals surface area (Å²) in [6.07, 6.45) is 1.10. The minimum absolute atomic E-state index is 0.206. The first-order valence-corrected chi connectivity index (χ1v) is 5.52. The minimum Gasteiger partial charge on any atom is -0.382 e. The van der Waals surface area contributed by atoms with Gasteiger partial charge in [0.2, 0.25) is 0 Å². The van der Waals surface area contributed by atoms with Gasteiger partial charge in [-0.05, 0) is 23.1 Å². The van der Waals surface area contributed by atoms with Crippen LogP contribution in [0.5, 0.6) is 0 Å². The van der Waals surface area contributed by atoms with Crippen molar-refractivity contribution >= 4 is 7.85 Å². The van der Waals surface area contributed by atoms with E-state index in [1.807, 2.05) is 13.8 Å². The van der Waals surface area contributed by atoms with Crippen LogP contribution in [0, 0.1) is 11.3 Å². The van der Waals surface area contributed by atoms with E-state index >= 15 is 0 Å². The molecule has 0 rings (SSSR count). The lowest BCUT2D eigenvalue weighted by Crippen LogP contribution is -2.22. The summed E-state index contributed by atoms with van der Waals surface area (Å²) in [4.78, 5) is 0. The predicted octanol–water partition coefficient (Wildman–Crippen LogP) is 3.44. The largest absolute Gasteiger partial charge is 0.382 e. The normalized spacial score (nSPS) is 13.6. The molecular formula is C12H25BO. The van der Waals surface area contributed by atoms with Gasteiger partial charge >= 0.3 is 0 Å². The molecule has 14 heavy (non-hydrogen) atoms. The van der Waals surface area contributed by atoms with Crippen molar-refractivity contribution in [2.75, 3.05) is 13.2 Å². The third kappa shape index (κ3) is 6.47. The Morgan fingerprint density at radius 1 is 1.14 bits per heavy atom. The van der Waals surface area contributed by atoms with Gasteiger partial charge in [-0.2, -0.15) is 0 Å². The van der Waals surface area contributed by atoms with Gasteiger partial charge in [0.05, 0.1) is 7.85 Å². The molecule has 0 bridgehead atoms. The Morgan fingerprint density at radius 3 is 2.00 bits per heavy atom. The Hall–Kier alpha value is 0.0249. The van der Waals surface area contributed by atoms with Crippen molar-refractivity contribution in [2.24, 2.45) is 11.3 Å². The second kappa shape index (κ2) is 5.20. The molecule has 0 aliphatic rings. The maximum atomic E-state index is 5.82. The summed E-state index contributed by atoms with van der Waals surface area (Å²) >= 11 is 0. The van der Waals surface area contributed by atoms with E-state index in [9.17, 15) is 0 Å². The van der Waals surface area contributed by atoms with Gasteiger partial charge in [-0.25, -0.2) is 0 Å². The van der Waals surface area contributed by atoms with Crippen molar-refractivity contribution in [3.63, 3.8) is 0 Å². The summed E-state index contributed by atoms with van der Waals surface area (Å²) in [5.74, 6) is 0.692. The summed E-state index contributed by atoms with van der Waals surface area (Å²) in [7, 11) is 5.82. The van der Waals surface area contributed by atoms with Gasteiger partial charge < -0.3 is 4.74 Å². The van der Waals surface area contributed by atoms with E-state index in [1.54, 1.807) is 0 Å². The standard InChI is InChI=1S/C12H25BO/c1-10(2)11(3,4)7-8-14-9-12(5,6)13/h10H,7-9H2,1-6H3. The fourth-order valence-corrected chi connectivity index (χ4v) is 0.959. The van der Waals surface area contributed by atoms with E-state index in [-0.39, 0.29) is 5.31 Å². The third-order valence-corrected chi connectivity index (χ3v) is 2.93. The zero-order chi connectivity index (χ0) is 11.4. The molecule has 0 aliphatic carbocycles. The summed E-state index contributed by atoms with van der Waals surface area (Å²) in [6, 6.07) is 0. The summed E-state index contributed by atoms with van der Waals surface area (Å²) in [6.45, 7) is 14.5.